The first-order valence-electron chi connectivity index (χ1n) is 8.71. The van der Waals surface area contributed by atoms with Crippen LogP contribution in [0.25, 0.3) is 0 Å². The highest BCUT2D eigenvalue weighted by Crippen LogP contribution is 2.24. The van der Waals surface area contributed by atoms with Crippen LogP contribution >= 0.6 is 0 Å². The summed E-state index contributed by atoms with van der Waals surface area (Å²) in [6, 6.07) is 10.7. The number of piperidine rings is 1. The number of amides is 1. The van der Waals surface area contributed by atoms with Crippen LogP contribution in [0.1, 0.15) is 23.2 Å². The second-order valence-corrected chi connectivity index (χ2v) is 8.46. The topological polar surface area (TPSA) is 66.5 Å². The van der Waals surface area contributed by atoms with E-state index in [1.54, 1.807) is 0 Å². The van der Waals surface area contributed by atoms with E-state index < -0.39 is 26.3 Å². The van der Waals surface area contributed by atoms with Gasteiger partial charge < -0.3 is 10.2 Å². The number of nitrogens with zero attached hydrogens (tertiary/aromatic N) is 1. The normalized spacial score (nSPS) is 15.6. The van der Waals surface area contributed by atoms with Crippen LogP contribution in [0.5, 0.6) is 0 Å². The number of anilines is 1. The quantitative estimate of drug-likeness (QED) is 0.819. The number of halogens is 3. The van der Waals surface area contributed by atoms with E-state index in [2.05, 4.69) is 5.32 Å². The molecule has 0 unspecified atom stereocenters. The van der Waals surface area contributed by atoms with E-state index in [4.69, 9.17) is 0 Å². The van der Waals surface area contributed by atoms with Gasteiger partial charge in [-0.2, -0.15) is 8.78 Å². The van der Waals surface area contributed by atoms with Gasteiger partial charge >= 0.3 is 5.76 Å². The van der Waals surface area contributed by atoms with Crippen LogP contribution in [-0.2, 0) is 9.84 Å². The van der Waals surface area contributed by atoms with Crippen molar-refractivity contribution < 1.29 is 26.4 Å². The molecule has 9 heteroatoms. The van der Waals surface area contributed by atoms with Crippen molar-refractivity contribution in [3.05, 3.63) is 59.9 Å². The van der Waals surface area contributed by atoms with Gasteiger partial charge in [-0.25, -0.2) is 12.8 Å². The molecule has 1 heterocycles. The highest BCUT2D eigenvalue weighted by atomic mass is 32.2. The van der Waals surface area contributed by atoms with Crippen molar-refractivity contribution in [1.29, 1.82) is 0 Å². The Labute approximate surface area is 161 Å². The summed E-state index contributed by atoms with van der Waals surface area (Å²) in [5.41, 5.74) is 1.12. The summed E-state index contributed by atoms with van der Waals surface area (Å²) >= 11 is 0. The average molecular weight is 412 g/mol. The number of hydrogen-bond acceptors (Lipinski definition) is 4. The Hall–Kier alpha value is -2.55. The Balaban J connectivity index is 1.56. The highest BCUT2D eigenvalue weighted by molar-refractivity contribution is 7.91. The van der Waals surface area contributed by atoms with Crippen LogP contribution in [0.15, 0.2) is 53.4 Å². The molecule has 2 aromatic carbocycles. The molecule has 0 saturated carbocycles. The van der Waals surface area contributed by atoms with Gasteiger partial charge in [0, 0.05) is 30.4 Å². The Bertz CT molecular complexity index is 924. The Kier molecular flexibility index (Phi) is 5.93. The predicted molar refractivity (Wildman–Crippen MR) is 98.7 cm³/mol. The number of hydrogen-bond donors (Lipinski definition) is 1. The third-order valence-electron chi connectivity index (χ3n) is 4.70. The zero-order valence-electron chi connectivity index (χ0n) is 14.8. The molecule has 1 N–H and O–H groups in total. The van der Waals surface area contributed by atoms with Gasteiger partial charge in [0.1, 0.15) is 5.82 Å². The summed E-state index contributed by atoms with van der Waals surface area (Å²) in [5, 5.41) is 2.92. The molecule has 1 fully saturated rings. The first kappa shape index (κ1) is 20.2. The number of carbonyl (C=O) groups excluding carboxylic acids is 1. The number of rotatable bonds is 5. The van der Waals surface area contributed by atoms with E-state index in [9.17, 15) is 26.4 Å². The predicted octanol–water partition coefficient (Wildman–Crippen LogP) is 3.22. The summed E-state index contributed by atoms with van der Waals surface area (Å²) in [5.74, 6) is -4.11. The Morgan fingerprint density at radius 2 is 1.57 bits per heavy atom. The van der Waals surface area contributed by atoms with Crippen LogP contribution in [0, 0.1) is 5.82 Å². The highest BCUT2D eigenvalue weighted by Gasteiger charge is 2.27. The van der Waals surface area contributed by atoms with E-state index >= 15 is 0 Å². The van der Waals surface area contributed by atoms with Crippen molar-refractivity contribution in [1.82, 2.24) is 5.32 Å². The largest absolute Gasteiger partial charge is 0.371 e. The summed E-state index contributed by atoms with van der Waals surface area (Å²) in [6.45, 7) is 1.24. The van der Waals surface area contributed by atoms with Gasteiger partial charge in [-0.15, -0.1) is 0 Å². The molecule has 28 heavy (non-hydrogen) atoms. The van der Waals surface area contributed by atoms with E-state index in [0.29, 0.717) is 31.5 Å². The molecule has 1 amide bonds. The lowest BCUT2D eigenvalue weighted by molar-refractivity contribution is 0.0931. The van der Waals surface area contributed by atoms with Gasteiger partial charge in [-0.1, -0.05) is 0 Å². The van der Waals surface area contributed by atoms with Crippen molar-refractivity contribution in [2.75, 3.05) is 18.0 Å². The maximum Gasteiger partial charge on any atom is 0.341 e. The molecular weight excluding hydrogens is 393 g/mol. The minimum Gasteiger partial charge on any atom is -0.371 e. The van der Waals surface area contributed by atoms with E-state index in [1.165, 1.54) is 48.5 Å². The molecule has 0 aliphatic carbocycles. The number of carbonyl (C=O) groups is 1. The fourth-order valence-corrected chi connectivity index (χ4v) is 3.82. The van der Waals surface area contributed by atoms with Gasteiger partial charge in [0.25, 0.3) is 5.91 Å². The van der Waals surface area contributed by atoms with E-state index in [1.807, 2.05) is 4.90 Å². The number of sulfone groups is 1. The fourth-order valence-electron chi connectivity index (χ4n) is 3.10. The van der Waals surface area contributed by atoms with Gasteiger partial charge in [0.05, 0.1) is 4.90 Å². The molecule has 5 nitrogen and oxygen atoms in total. The molecule has 2 aromatic rings. The smallest absolute Gasteiger partial charge is 0.341 e. The van der Waals surface area contributed by atoms with Gasteiger partial charge in [0.2, 0.25) is 9.84 Å². The maximum atomic E-state index is 12.9. The molecule has 0 radical (unpaired) electrons. The number of nitrogens with one attached hydrogen (secondary N) is 1. The van der Waals surface area contributed by atoms with Crippen molar-refractivity contribution in [2.24, 2.45) is 0 Å². The SMILES string of the molecule is O=C(NC1CCN(c2ccc(S(=O)(=O)C(F)F)cc2)CC1)c1ccc(F)cc1. The van der Waals surface area contributed by atoms with Crippen molar-refractivity contribution in [3.63, 3.8) is 0 Å². The lowest BCUT2D eigenvalue weighted by Gasteiger charge is -2.34. The number of alkyl halides is 2. The molecule has 1 aliphatic rings. The molecule has 0 spiro atoms. The van der Waals surface area contributed by atoms with Gasteiger partial charge in [0.15, 0.2) is 0 Å². The van der Waals surface area contributed by atoms with Crippen molar-refractivity contribution in [2.45, 2.75) is 29.5 Å². The van der Waals surface area contributed by atoms with Crippen LogP contribution < -0.4 is 10.2 Å². The standard InChI is InChI=1S/C19H19F3N2O3S/c20-14-3-1-13(2-4-14)18(25)23-15-9-11-24(12-10-15)16-5-7-17(8-6-16)28(26,27)19(21)22/h1-8,15,19H,9-12H2,(H,23,25). The summed E-state index contributed by atoms with van der Waals surface area (Å²) in [6.07, 6.45) is 1.34. The molecule has 0 atom stereocenters. The van der Waals surface area contributed by atoms with Gasteiger partial charge in [-0.3, -0.25) is 4.79 Å². The van der Waals surface area contributed by atoms with Crippen LogP contribution in [-0.4, -0.2) is 39.2 Å². The molecule has 3 rings (SSSR count). The Morgan fingerprint density at radius 1 is 1.00 bits per heavy atom. The minimum atomic E-state index is -4.60. The second kappa shape index (κ2) is 8.22. The lowest BCUT2D eigenvalue weighted by Crippen LogP contribution is -2.44. The zero-order chi connectivity index (χ0) is 20.3. The second-order valence-electron chi connectivity index (χ2n) is 6.54. The molecule has 150 valence electrons. The van der Waals surface area contributed by atoms with Crippen molar-refractivity contribution >= 4 is 21.4 Å². The number of benzene rings is 2. The van der Waals surface area contributed by atoms with Crippen LogP contribution in [0.4, 0.5) is 18.9 Å². The van der Waals surface area contributed by atoms with Crippen LogP contribution in [0.3, 0.4) is 0 Å². The molecule has 1 saturated heterocycles. The summed E-state index contributed by atoms with van der Waals surface area (Å²) in [7, 11) is -4.60. The maximum absolute atomic E-state index is 12.9. The van der Waals surface area contributed by atoms with Crippen LogP contribution in [0.2, 0.25) is 0 Å². The molecule has 0 aromatic heterocycles. The van der Waals surface area contributed by atoms with E-state index in [-0.39, 0.29) is 11.9 Å². The molecule has 0 bridgehead atoms. The first-order valence-corrected chi connectivity index (χ1v) is 10.3. The fraction of sp³-hybridized carbons (Fsp3) is 0.316. The molecule has 1 aliphatic heterocycles. The lowest BCUT2D eigenvalue weighted by atomic mass is 10.0. The minimum absolute atomic E-state index is 0.0349. The summed E-state index contributed by atoms with van der Waals surface area (Å²) in [4.78, 5) is 13.8. The van der Waals surface area contributed by atoms with Crippen molar-refractivity contribution in [3.8, 4) is 0 Å². The molecular formula is C19H19F3N2O3S. The summed E-state index contributed by atoms with van der Waals surface area (Å²) < 4.78 is 61.1. The first-order chi connectivity index (χ1) is 13.3. The van der Waals surface area contributed by atoms with E-state index in [0.717, 1.165) is 5.69 Å². The Morgan fingerprint density at radius 3 is 2.11 bits per heavy atom. The third-order valence-corrected chi connectivity index (χ3v) is 6.10. The van der Waals surface area contributed by atoms with Gasteiger partial charge in [-0.05, 0) is 61.4 Å². The average Bonchev–Trinajstić information content (AvgIpc) is 2.69. The third kappa shape index (κ3) is 4.46. The zero-order valence-corrected chi connectivity index (χ0v) is 15.6. The monoisotopic (exact) mass is 412 g/mol.